The highest BCUT2D eigenvalue weighted by Gasteiger charge is 2.14. The molecule has 27 heavy (non-hydrogen) atoms. The number of non-ortho nitro benzene ring substituents is 1. The highest BCUT2D eigenvalue weighted by atomic mass is 127. The largest absolute Gasteiger partial charge is 0.455 e. The van der Waals surface area contributed by atoms with E-state index < -0.39 is 4.92 Å². The van der Waals surface area contributed by atoms with E-state index in [0.717, 1.165) is 3.57 Å². The Morgan fingerprint density at radius 3 is 2.78 bits per heavy atom. The van der Waals surface area contributed by atoms with Crippen molar-refractivity contribution < 1.29 is 14.1 Å². The smallest absolute Gasteiger partial charge is 0.271 e. The van der Waals surface area contributed by atoms with E-state index in [1.165, 1.54) is 24.4 Å². The summed E-state index contributed by atoms with van der Waals surface area (Å²) in [5.41, 5.74) is 3.20. The Kier molecular flexibility index (Phi) is 5.87. The Morgan fingerprint density at radius 2 is 2.04 bits per heavy atom. The minimum atomic E-state index is -0.509. The number of hydrogen-bond donors (Lipinski definition) is 1. The fourth-order valence-electron chi connectivity index (χ4n) is 2.23. The van der Waals surface area contributed by atoms with Gasteiger partial charge in [-0.2, -0.15) is 5.10 Å². The molecule has 0 atom stereocenters. The number of nitro groups is 1. The van der Waals surface area contributed by atoms with Gasteiger partial charge in [0.2, 0.25) is 0 Å². The Labute approximate surface area is 172 Å². The van der Waals surface area contributed by atoms with Gasteiger partial charge in [0.05, 0.1) is 16.2 Å². The van der Waals surface area contributed by atoms with Crippen molar-refractivity contribution in [2.45, 2.75) is 0 Å². The first-order chi connectivity index (χ1) is 12.9. The van der Waals surface area contributed by atoms with Crippen molar-refractivity contribution in [2.24, 2.45) is 5.10 Å². The number of nitro benzene ring substituents is 1. The summed E-state index contributed by atoms with van der Waals surface area (Å²) in [4.78, 5) is 22.4. The Balaban J connectivity index is 1.73. The lowest BCUT2D eigenvalue weighted by Crippen LogP contribution is -2.17. The van der Waals surface area contributed by atoms with Gasteiger partial charge in [0, 0.05) is 26.8 Å². The van der Waals surface area contributed by atoms with Crippen LogP contribution < -0.4 is 5.43 Å². The zero-order valence-corrected chi connectivity index (χ0v) is 16.5. The molecule has 0 aliphatic heterocycles. The molecule has 2 aromatic carbocycles. The number of carbonyl (C=O) groups excluding carboxylic acids is 1. The van der Waals surface area contributed by atoms with Crippen molar-refractivity contribution in [2.75, 3.05) is 0 Å². The quantitative estimate of drug-likeness (QED) is 0.236. The number of hydrogen-bond acceptors (Lipinski definition) is 5. The summed E-state index contributed by atoms with van der Waals surface area (Å²) in [7, 11) is 0. The molecule has 0 fully saturated rings. The van der Waals surface area contributed by atoms with Gasteiger partial charge in [-0.3, -0.25) is 14.9 Å². The normalized spacial score (nSPS) is 10.9. The summed E-state index contributed by atoms with van der Waals surface area (Å²) >= 11 is 8.21. The van der Waals surface area contributed by atoms with Gasteiger partial charge >= 0.3 is 0 Å². The molecule has 0 bridgehead atoms. The molecule has 3 aromatic rings. The lowest BCUT2D eigenvalue weighted by Gasteiger charge is -2.01. The maximum atomic E-state index is 12.0. The topological polar surface area (TPSA) is 97.7 Å². The van der Waals surface area contributed by atoms with E-state index >= 15 is 0 Å². The van der Waals surface area contributed by atoms with E-state index in [-0.39, 0.29) is 11.6 Å². The lowest BCUT2D eigenvalue weighted by molar-refractivity contribution is -0.384. The highest BCUT2D eigenvalue weighted by molar-refractivity contribution is 14.1. The van der Waals surface area contributed by atoms with Crippen molar-refractivity contribution in [3.05, 3.63) is 84.6 Å². The zero-order chi connectivity index (χ0) is 19.4. The minimum Gasteiger partial charge on any atom is -0.455 e. The molecular formula is C18H11ClIN3O4. The molecule has 7 nitrogen and oxygen atoms in total. The van der Waals surface area contributed by atoms with Crippen LogP contribution in [0.3, 0.4) is 0 Å². The first-order valence-electron chi connectivity index (χ1n) is 7.57. The highest BCUT2D eigenvalue weighted by Crippen LogP contribution is 2.32. The van der Waals surface area contributed by atoms with Gasteiger partial charge in [0.15, 0.2) is 0 Å². The van der Waals surface area contributed by atoms with E-state index in [9.17, 15) is 14.9 Å². The predicted molar refractivity (Wildman–Crippen MR) is 110 cm³/mol. The Hall–Kier alpha value is -2.72. The van der Waals surface area contributed by atoms with Crippen LogP contribution in [0.25, 0.3) is 11.3 Å². The molecule has 0 saturated heterocycles. The van der Waals surface area contributed by atoms with Gasteiger partial charge in [-0.1, -0.05) is 17.7 Å². The number of rotatable bonds is 5. The van der Waals surface area contributed by atoms with E-state index in [4.69, 9.17) is 16.0 Å². The third-order valence-electron chi connectivity index (χ3n) is 3.50. The van der Waals surface area contributed by atoms with Gasteiger partial charge in [-0.25, -0.2) is 5.43 Å². The Morgan fingerprint density at radius 1 is 1.22 bits per heavy atom. The van der Waals surface area contributed by atoms with Crippen molar-refractivity contribution in [1.29, 1.82) is 0 Å². The van der Waals surface area contributed by atoms with Gasteiger partial charge in [0.1, 0.15) is 11.5 Å². The lowest BCUT2D eigenvalue weighted by atomic mass is 10.1. The standard InChI is InChI=1S/C18H11ClIN3O4/c19-16-6-4-13(23(25)26)9-15(16)17-7-5-14(27-17)10-21-22-18(24)11-2-1-3-12(20)8-11/h1-10H,(H,22,24)/b21-10-. The summed E-state index contributed by atoms with van der Waals surface area (Å²) in [5, 5.41) is 15.1. The van der Waals surface area contributed by atoms with Crippen molar-refractivity contribution in [3.8, 4) is 11.3 Å². The number of furan rings is 1. The van der Waals surface area contributed by atoms with Crippen LogP contribution in [-0.4, -0.2) is 17.0 Å². The maximum Gasteiger partial charge on any atom is 0.271 e. The minimum absolute atomic E-state index is 0.0919. The third-order valence-corrected chi connectivity index (χ3v) is 4.50. The van der Waals surface area contributed by atoms with Crippen LogP contribution in [0.2, 0.25) is 5.02 Å². The summed E-state index contributed by atoms with van der Waals surface area (Å²) < 4.78 is 6.52. The number of halogens is 2. The molecule has 136 valence electrons. The average molecular weight is 496 g/mol. The average Bonchev–Trinajstić information content (AvgIpc) is 3.10. The van der Waals surface area contributed by atoms with Crippen molar-refractivity contribution >= 4 is 52.0 Å². The summed E-state index contributed by atoms with van der Waals surface area (Å²) in [6.45, 7) is 0. The predicted octanol–water partition coefficient (Wildman–Crippen LogP) is 4.88. The molecular weight excluding hydrogens is 485 g/mol. The van der Waals surface area contributed by atoms with Crippen LogP contribution >= 0.6 is 34.2 Å². The van der Waals surface area contributed by atoms with E-state index in [1.54, 1.807) is 30.3 Å². The van der Waals surface area contributed by atoms with Gasteiger partial charge < -0.3 is 4.42 Å². The van der Waals surface area contributed by atoms with E-state index in [1.807, 2.05) is 6.07 Å². The fraction of sp³-hybridized carbons (Fsp3) is 0. The molecule has 1 N–H and O–H groups in total. The number of nitrogens with zero attached hydrogens (tertiary/aromatic N) is 2. The van der Waals surface area contributed by atoms with E-state index in [0.29, 0.717) is 27.7 Å². The molecule has 0 unspecified atom stereocenters. The third kappa shape index (κ3) is 4.72. The second-order valence-electron chi connectivity index (χ2n) is 5.33. The Bertz CT molecular complexity index is 1050. The van der Waals surface area contributed by atoms with Crippen molar-refractivity contribution in [1.82, 2.24) is 5.43 Å². The fourth-order valence-corrected chi connectivity index (χ4v) is 2.99. The number of amides is 1. The maximum absolute atomic E-state index is 12.0. The molecule has 1 heterocycles. The number of carbonyl (C=O) groups is 1. The number of hydrazone groups is 1. The molecule has 0 spiro atoms. The molecule has 0 radical (unpaired) electrons. The molecule has 1 amide bonds. The summed E-state index contributed by atoms with van der Waals surface area (Å²) in [6, 6.07) is 14.4. The van der Waals surface area contributed by atoms with Gasteiger partial charge in [0.25, 0.3) is 11.6 Å². The number of benzene rings is 2. The summed E-state index contributed by atoms with van der Waals surface area (Å²) in [6.07, 6.45) is 1.33. The zero-order valence-electron chi connectivity index (χ0n) is 13.6. The molecule has 1 aromatic heterocycles. The van der Waals surface area contributed by atoms with Gasteiger partial charge in [-0.05, 0) is 59.0 Å². The second-order valence-corrected chi connectivity index (χ2v) is 6.99. The van der Waals surface area contributed by atoms with E-state index in [2.05, 4.69) is 33.1 Å². The monoisotopic (exact) mass is 495 g/mol. The van der Waals surface area contributed by atoms with Crippen LogP contribution in [0.15, 0.2) is 64.1 Å². The molecule has 9 heteroatoms. The van der Waals surface area contributed by atoms with Gasteiger partial charge in [-0.15, -0.1) is 0 Å². The van der Waals surface area contributed by atoms with Crippen molar-refractivity contribution in [3.63, 3.8) is 0 Å². The second kappa shape index (κ2) is 8.31. The summed E-state index contributed by atoms with van der Waals surface area (Å²) in [5.74, 6) is 0.364. The van der Waals surface area contributed by atoms with Crippen LogP contribution in [0.4, 0.5) is 5.69 Å². The first kappa shape index (κ1) is 19.1. The van der Waals surface area contributed by atoms with Crippen LogP contribution in [0, 0.1) is 13.7 Å². The number of nitrogens with one attached hydrogen (secondary N) is 1. The first-order valence-corrected chi connectivity index (χ1v) is 9.03. The molecule has 0 aliphatic carbocycles. The SMILES string of the molecule is O=C(N/N=C\c1ccc(-c2cc([N+](=O)[O-])ccc2Cl)o1)c1cccc(I)c1. The van der Waals surface area contributed by atoms with Crippen LogP contribution in [0.5, 0.6) is 0 Å². The molecule has 0 saturated carbocycles. The van der Waals surface area contributed by atoms with Crippen LogP contribution in [-0.2, 0) is 0 Å². The molecule has 0 aliphatic rings. The molecule has 3 rings (SSSR count). The van der Waals surface area contributed by atoms with Crippen LogP contribution in [0.1, 0.15) is 16.1 Å².